The molecule has 640 valence electrons. The number of rotatable bonds is 24. The molecule has 127 heavy (non-hydrogen) atoms. The van der Waals surface area contributed by atoms with E-state index in [0.717, 1.165) is 127 Å². The third-order valence-corrected chi connectivity index (χ3v) is 25.0. The van der Waals surface area contributed by atoms with Crippen LogP contribution in [0.25, 0.3) is 106 Å². The summed E-state index contributed by atoms with van der Waals surface area (Å²) in [6.07, 6.45) is 10.4. The molecule has 4 aromatic heterocycles. The van der Waals surface area contributed by atoms with Gasteiger partial charge >= 0.3 is 23.9 Å². The zero-order valence-corrected chi connectivity index (χ0v) is 72.4. The molecule has 18 nitrogen and oxygen atoms in total. The van der Waals surface area contributed by atoms with Gasteiger partial charge in [-0.05, 0) is 209 Å². The molecule has 12 aromatic carbocycles. The van der Waals surface area contributed by atoms with E-state index >= 15 is 0 Å². The van der Waals surface area contributed by atoms with Crippen LogP contribution in [-0.4, -0.2) is 92.0 Å². The molecule has 16 aromatic rings. The Morgan fingerprint density at radius 3 is 1.08 bits per heavy atom. The third kappa shape index (κ3) is 21.6. The zero-order chi connectivity index (χ0) is 89.7. The smallest absolute Gasteiger partial charge is 0.328 e. The van der Waals surface area contributed by atoms with Gasteiger partial charge in [-0.15, -0.1) is 45.3 Å². The number of halogens is 2. The van der Waals surface area contributed by atoms with Crippen LogP contribution in [0.2, 0.25) is 0 Å². The standard InChI is InChI=1S/C27H24O4S.C26H20O5S.C25H18F2O4S.C25H21NO4S/c1-16(2)21-6-4-5-17(3)25(21)27-26(22-13-10-19(28)15-23(22)32-27)31-20-11-7-18(8-12-20)9-14-24(29)30;27-18-8-11-22-23(13-18)32-26(21-4-2-1-3-20(21)17-14-30-15-17)25(22)31-19-9-5-16(6-10-19)7-12-24(28)29;1-25(26,27)20-5-3-2-4-18(20)24-23(19-12-9-16(28)14-21(19)32-24)31-17-10-6-15(7-11-17)8-13-22(29)30;1-26(2)21-6-4-3-5-19(21)25-24(20-13-10-17(27)15-22(20)31-25)30-18-11-7-16(8-12-18)9-14-23(28)29/h4-16,28H,1-3H3,(H,29,30);1-13,17,27H,14-15H2,(H,28,29);2-14,28H,1H3,(H,29,30);3-15,27H,1-2H3,(H,28,29)/b14-9+;12-7+;13-8+;14-9+. The molecule has 1 saturated heterocycles. The Balaban J connectivity index is 0.000000137. The quantitative estimate of drug-likeness (QED) is 0.0261. The highest BCUT2D eigenvalue weighted by atomic mass is 32.1. The first-order valence-corrected chi connectivity index (χ1v) is 43.1. The molecule has 17 rings (SSSR count). The minimum Gasteiger partial charge on any atom is -0.508 e. The van der Waals surface area contributed by atoms with Crippen LogP contribution in [0.3, 0.4) is 0 Å². The van der Waals surface area contributed by atoms with Gasteiger partial charge in [-0.3, -0.25) is 0 Å². The van der Waals surface area contributed by atoms with Crippen molar-refractivity contribution in [1.29, 1.82) is 0 Å². The summed E-state index contributed by atoms with van der Waals surface area (Å²) in [6, 6.07) is 78.3. The number of carboxylic acid groups (broad SMARTS) is 4. The zero-order valence-electron chi connectivity index (χ0n) is 69.1. The average Bonchev–Trinajstić information content (AvgIpc) is 1.65. The Kier molecular flexibility index (Phi) is 27.5. The van der Waals surface area contributed by atoms with E-state index in [9.17, 15) is 48.4 Å². The number of carboxylic acids is 4. The highest BCUT2D eigenvalue weighted by Crippen LogP contribution is 2.55. The molecule has 8 N–H and O–H groups in total. The number of thiophene rings is 4. The summed E-state index contributed by atoms with van der Waals surface area (Å²) < 4.78 is 62.9. The summed E-state index contributed by atoms with van der Waals surface area (Å²) in [5.74, 6) is -0.583. The first-order valence-electron chi connectivity index (χ1n) is 39.8. The molecule has 0 atom stereocenters. The van der Waals surface area contributed by atoms with Crippen molar-refractivity contribution in [2.24, 2.45) is 0 Å². The van der Waals surface area contributed by atoms with Crippen molar-refractivity contribution in [2.45, 2.75) is 45.5 Å². The molecule has 0 spiro atoms. The number of fused-ring (bicyclic) bond motifs is 4. The van der Waals surface area contributed by atoms with E-state index in [1.807, 2.05) is 129 Å². The minimum absolute atomic E-state index is 0.0699. The maximum absolute atomic E-state index is 14.3. The summed E-state index contributed by atoms with van der Waals surface area (Å²) in [5.41, 5.74) is 11.3. The molecule has 1 aliphatic heterocycles. The normalized spacial score (nSPS) is 12.1. The highest BCUT2D eigenvalue weighted by molar-refractivity contribution is 7.24. The summed E-state index contributed by atoms with van der Waals surface area (Å²) >= 11 is 6.03. The molecule has 0 amide bonds. The van der Waals surface area contributed by atoms with Crippen LogP contribution < -0.4 is 23.8 Å². The van der Waals surface area contributed by atoms with Crippen LogP contribution in [-0.2, 0) is 29.8 Å². The molecule has 0 saturated carbocycles. The first-order chi connectivity index (χ1) is 61.0. The second kappa shape index (κ2) is 39.5. The Bertz CT molecular complexity index is 6870. The number of carbonyl (C=O) groups is 4. The number of hydrogen-bond donors (Lipinski definition) is 8. The molecule has 5 heterocycles. The number of hydrogen-bond acceptors (Lipinski definition) is 18. The van der Waals surface area contributed by atoms with Crippen LogP contribution in [0.1, 0.15) is 77.1 Å². The maximum atomic E-state index is 14.3. The van der Waals surface area contributed by atoms with Gasteiger partial charge in [0.25, 0.3) is 5.92 Å². The fraction of sp³-hybridized carbons (Fsp3) is 0.107. The maximum Gasteiger partial charge on any atom is 0.328 e. The summed E-state index contributed by atoms with van der Waals surface area (Å²) in [7, 11) is 4.00. The van der Waals surface area contributed by atoms with Gasteiger partial charge < -0.3 is 69.4 Å². The molecule has 0 unspecified atom stereocenters. The van der Waals surface area contributed by atoms with E-state index in [-0.39, 0.29) is 28.6 Å². The van der Waals surface area contributed by atoms with Crippen LogP contribution in [0.4, 0.5) is 14.5 Å². The molecule has 1 aliphatic rings. The average molecular weight is 1770 g/mol. The Labute approximate surface area is 745 Å². The van der Waals surface area contributed by atoms with E-state index in [2.05, 4.69) is 68.1 Å². The number of aliphatic carboxylic acids is 4. The summed E-state index contributed by atoms with van der Waals surface area (Å²) in [5, 5.41) is 78.5. The summed E-state index contributed by atoms with van der Waals surface area (Å²) in [4.78, 5) is 48.5. The minimum atomic E-state index is -3.05. The molecular formula is C103H83F2NO17S4. The first kappa shape index (κ1) is 88.6. The number of phenolic OH excluding ortho intramolecular Hbond substituents is 4. The van der Waals surface area contributed by atoms with Crippen molar-refractivity contribution in [1.82, 2.24) is 0 Å². The van der Waals surface area contributed by atoms with Gasteiger partial charge in [0.1, 0.15) is 46.0 Å². The van der Waals surface area contributed by atoms with Gasteiger partial charge in [0.05, 0.1) is 32.7 Å². The van der Waals surface area contributed by atoms with E-state index in [1.165, 1.54) is 64.0 Å². The van der Waals surface area contributed by atoms with Crippen molar-refractivity contribution in [3.8, 4) is 111 Å². The Hall–Kier alpha value is -14.7. The number of aromatic hydroxyl groups is 4. The van der Waals surface area contributed by atoms with Gasteiger partial charge in [0.15, 0.2) is 23.0 Å². The Morgan fingerprint density at radius 1 is 0.409 bits per heavy atom. The fourth-order valence-corrected chi connectivity index (χ4v) is 19.1. The SMILES string of the molecule is CC(F)(F)c1ccccc1-c1sc2cc(O)ccc2c1Oc1ccc(/C=C/C(=O)O)cc1.CN(C)c1ccccc1-c1sc2cc(O)ccc2c1Oc1ccc(/C=C/C(=O)O)cc1.Cc1cccc(C(C)C)c1-c1sc2cc(O)ccc2c1Oc1ccc(/C=C/C(=O)O)cc1.O=C(O)/C=C/c1ccc(Oc2c(-c3ccccc3C3COC3)sc3cc(O)ccc23)cc1. The van der Waals surface area contributed by atoms with E-state index < -0.39 is 29.8 Å². The summed E-state index contributed by atoms with van der Waals surface area (Å²) in [6.45, 7) is 8.75. The van der Waals surface area contributed by atoms with Gasteiger partial charge in [-0.2, -0.15) is 0 Å². The fourth-order valence-electron chi connectivity index (χ4n) is 14.2. The number of para-hydroxylation sites is 1. The lowest BCUT2D eigenvalue weighted by atomic mass is 9.92. The molecule has 0 bridgehead atoms. The lowest BCUT2D eigenvalue weighted by Crippen LogP contribution is -2.25. The number of nitrogens with zero attached hydrogens (tertiary/aromatic N) is 1. The van der Waals surface area contributed by atoms with Gasteiger partial charge in [0, 0.05) is 120 Å². The van der Waals surface area contributed by atoms with Gasteiger partial charge in [0.2, 0.25) is 0 Å². The largest absolute Gasteiger partial charge is 0.508 e. The highest BCUT2D eigenvalue weighted by Gasteiger charge is 2.32. The second-order valence-electron chi connectivity index (χ2n) is 30.0. The number of alkyl halides is 2. The lowest BCUT2D eigenvalue weighted by molar-refractivity contribution is -0.132. The van der Waals surface area contributed by atoms with Crippen molar-refractivity contribution >= 4 is 140 Å². The van der Waals surface area contributed by atoms with Crippen LogP contribution >= 0.6 is 45.3 Å². The van der Waals surface area contributed by atoms with Crippen molar-refractivity contribution in [3.63, 3.8) is 0 Å². The van der Waals surface area contributed by atoms with E-state index in [4.69, 9.17) is 44.1 Å². The Morgan fingerprint density at radius 2 is 0.732 bits per heavy atom. The van der Waals surface area contributed by atoms with Crippen molar-refractivity contribution in [2.75, 3.05) is 32.2 Å². The molecule has 1 fully saturated rings. The molecule has 24 heteroatoms. The number of phenols is 4. The number of aryl methyl sites for hydroxylation is 1. The monoisotopic (exact) mass is 1770 g/mol. The van der Waals surface area contributed by atoms with Crippen molar-refractivity contribution < 1.29 is 92.5 Å². The topological polar surface area (TPSA) is 280 Å². The number of anilines is 1. The van der Waals surface area contributed by atoms with Crippen LogP contribution in [0, 0.1) is 6.92 Å². The third-order valence-electron chi connectivity index (χ3n) is 20.3. The van der Waals surface area contributed by atoms with Gasteiger partial charge in [-0.1, -0.05) is 147 Å². The van der Waals surface area contributed by atoms with Crippen LogP contribution in [0.5, 0.6) is 69.0 Å². The number of ether oxygens (including phenoxy) is 5. The predicted molar refractivity (Wildman–Crippen MR) is 505 cm³/mol. The van der Waals surface area contributed by atoms with Crippen LogP contribution in [0.15, 0.2) is 285 Å². The predicted octanol–water partition coefficient (Wildman–Crippen LogP) is 27.4. The van der Waals surface area contributed by atoms with E-state index in [0.29, 0.717) is 79.9 Å². The lowest BCUT2D eigenvalue weighted by Gasteiger charge is -2.28. The molecule has 0 radical (unpaired) electrons. The van der Waals surface area contributed by atoms with Gasteiger partial charge in [-0.25, -0.2) is 28.0 Å². The second-order valence-corrected chi connectivity index (χ2v) is 34.2. The molecular weight excluding hydrogens is 1690 g/mol. The molecule has 0 aliphatic carbocycles. The number of benzene rings is 12. The van der Waals surface area contributed by atoms with Crippen molar-refractivity contribution in [3.05, 3.63) is 330 Å². The van der Waals surface area contributed by atoms with E-state index in [1.54, 1.807) is 131 Å².